The fourth-order valence-corrected chi connectivity index (χ4v) is 2.59. The first kappa shape index (κ1) is 18.9. The molecule has 0 atom stereocenters. The summed E-state index contributed by atoms with van der Waals surface area (Å²) in [6.07, 6.45) is 2.92. The van der Waals surface area contributed by atoms with Crippen LogP contribution >= 0.6 is 11.6 Å². The summed E-state index contributed by atoms with van der Waals surface area (Å²) in [7, 11) is 0. The average molecular weight is 361 g/mol. The van der Waals surface area contributed by atoms with Gasteiger partial charge in [0.15, 0.2) is 5.78 Å². The quantitative estimate of drug-likeness (QED) is 0.333. The summed E-state index contributed by atoms with van der Waals surface area (Å²) in [5.41, 5.74) is 2.02. The smallest absolute Gasteiger partial charge is 0.336 e. The molecule has 25 heavy (non-hydrogen) atoms. The number of nitrogens with zero attached hydrogens (tertiary/aromatic N) is 2. The molecule has 1 aromatic carbocycles. The first-order valence-corrected chi connectivity index (χ1v) is 8.39. The maximum atomic E-state index is 12.0. The molecule has 0 N–H and O–H groups in total. The third kappa shape index (κ3) is 5.03. The molecule has 5 nitrogen and oxygen atoms in total. The predicted molar refractivity (Wildman–Crippen MR) is 97.9 cm³/mol. The summed E-state index contributed by atoms with van der Waals surface area (Å²) in [5.74, 6) is 0.221. The Morgan fingerprint density at radius 3 is 2.48 bits per heavy atom. The van der Waals surface area contributed by atoms with E-state index in [-0.39, 0.29) is 5.78 Å². The molecule has 0 unspecified atom stereocenters. The van der Waals surface area contributed by atoms with Crippen LogP contribution in [-0.4, -0.2) is 21.5 Å². The van der Waals surface area contributed by atoms with Gasteiger partial charge < -0.3 is 4.74 Å². The monoisotopic (exact) mass is 360 g/mol. The minimum atomic E-state index is -0.525. The van der Waals surface area contributed by atoms with Crippen LogP contribution in [-0.2, 0) is 11.3 Å². The molecular formula is C19H21ClN2O3. The normalized spacial score (nSPS) is 11.3. The number of benzene rings is 1. The Bertz CT molecular complexity index is 805. The van der Waals surface area contributed by atoms with Gasteiger partial charge in [0.05, 0.1) is 5.69 Å². The molecule has 1 heterocycles. The zero-order chi connectivity index (χ0) is 18.6. The largest absolute Gasteiger partial charge is 0.423 e. The number of aryl methyl sites for hydroxylation is 1. The predicted octanol–water partition coefficient (Wildman–Crippen LogP) is 4.32. The van der Waals surface area contributed by atoms with Gasteiger partial charge in [0.1, 0.15) is 10.9 Å². The summed E-state index contributed by atoms with van der Waals surface area (Å²) >= 11 is 6.33. The highest BCUT2D eigenvalue weighted by Gasteiger charge is 2.12. The second-order valence-electron chi connectivity index (χ2n) is 6.20. The summed E-state index contributed by atoms with van der Waals surface area (Å²) in [6.45, 7) is 8.19. The lowest BCUT2D eigenvalue weighted by molar-refractivity contribution is -0.128. The molecule has 0 amide bonds. The number of halogens is 1. The molecule has 0 bridgehead atoms. The molecule has 0 saturated carbocycles. The highest BCUT2D eigenvalue weighted by atomic mass is 35.5. The van der Waals surface area contributed by atoms with E-state index in [1.807, 2.05) is 6.92 Å². The van der Waals surface area contributed by atoms with Gasteiger partial charge in [-0.1, -0.05) is 25.4 Å². The Morgan fingerprint density at radius 1 is 1.28 bits per heavy atom. The van der Waals surface area contributed by atoms with Crippen LogP contribution in [0.2, 0.25) is 5.15 Å². The lowest BCUT2D eigenvalue weighted by Gasteiger charge is -2.05. The van der Waals surface area contributed by atoms with Crippen LogP contribution in [0, 0.1) is 12.8 Å². The van der Waals surface area contributed by atoms with E-state index in [1.165, 1.54) is 13.0 Å². The molecule has 6 heteroatoms. The molecule has 2 rings (SSSR count). The number of aromatic nitrogens is 2. The van der Waals surface area contributed by atoms with Crippen molar-refractivity contribution in [1.82, 2.24) is 9.78 Å². The average Bonchev–Trinajstić information content (AvgIpc) is 2.79. The maximum Gasteiger partial charge on any atom is 0.336 e. The van der Waals surface area contributed by atoms with Crippen LogP contribution in [0.3, 0.4) is 0 Å². The Kier molecular flexibility index (Phi) is 6.15. The third-order valence-electron chi connectivity index (χ3n) is 3.51. The summed E-state index contributed by atoms with van der Waals surface area (Å²) in [5, 5.41) is 4.89. The first-order chi connectivity index (χ1) is 11.8. The van der Waals surface area contributed by atoms with Crippen molar-refractivity contribution in [3.05, 3.63) is 52.3 Å². The number of hydrogen-bond acceptors (Lipinski definition) is 4. The van der Waals surface area contributed by atoms with E-state index in [1.54, 1.807) is 35.0 Å². The van der Waals surface area contributed by atoms with Gasteiger partial charge in [0, 0.05) is 23.7 Å². The summed E-state index contributed by atoms with van der Waals surface area (Å²) in [4.78, 5) is 23.2. The van der Waals surface area contributed by atoms with Crippen molar-refractivity contribution >= 4 is 29.4 Å². The lowest BCUT2D eigenvalue weighted by Crippen LogP contribution is -2.06. The highest BCUT2D eigenvalue weighted by molar-refractivity contribution is 6.31. The molecule has 0 aliphatic carbocycles. The molecule has 0 spiro atoms. The molecule has 2 aromatic rings. The van der Waals surface area contributed by atoms with E-state index in [0.29, 0.717) is 34.5 Å². The van der Waals surface area contributed by atoms with Gasteiger partial charge in [-0.3, -0.25) is 9.48 Å². The van der Waals surface area contributed by atoms with E-state index in [9.17, 15) is 9.59 Å². The molecule has 0 aliphatic heterocycles. The fraction of sp³-hybridized carbons (Fsp3) is 0.316. The van der Waals surface area contributed by atoms with Gasteiger partial charge >= 0.3 is 5.97 Å². The van der Waals surface area contributed by atoms with Crippen LogP contribution in [0.4, 0.5) is 0 Å². The minimum absolute atomic E-state index is 0.0405. The van der Waals surface area contributed by atoms with Crippen LogP contribution in [0.25, 0.3) is 6.08 Å². The van der Waals surface area contributed by atoms with Crippen LogP contribution in [0.5, 0.6) is 5.75 Å². The van der Waals surface area contributed by atoms with Gasteiger partial charge in [-0.05, 0) is 50.1 Å². The molecule has 0 radical (unpaired) electrons. The second-order valence-corrected chi connectivity index (χ2v) is 6.56. The van der Waals surface area contributed by atoms with Crippen molar-refractivity contribution in [1.29, 1.82) is 0 Å². The second kappa shape index (κ2) is 8.12. The van der Waals surface area contributed by atoms with Crippen molar-refractivity contribution < 1.29 is 14.3 Å². The van der Waals surface area contributed by atoms with Gasteiger partial charge in [0.2, 0.25) is 0 Å². The molecule has 0 aliphatic rings. The Hall–Kier alpha value is -2.40. The topological polar surface area (TPSA) is 61.2 Å². The third-order valence-corrected chi connectivity index (χ3v) is 3.91. The molecule has 1 aromatic heterocycles. The van der Waals surface area contributed by atoms with Crippen LogP contribution in [0.1, 0.15) is 42.4 Å². The van der Waals surface area contributed by atoms with Gasteiger partial charge in [0.25, 0.3) is 0 Å². The maximum absolute atomic E-state index is 12.0. The summed E-state index contributed by atoms with van der Waals surface area (Å²) in [6, 6.07) is 6.40. The zero-order valence-corrected chi connectivity index (χ0v) is 15.5. The Labute approximate surface area is 152 Å². The number of ketones is 1. The Balaban J connectivity index is 2.07. The number of esters is 1. The molecule has 0 saturated heterocycles. The number of carbonyl (C=O) groups is 2. The molecular weight excluding hydrogens is 340 g/mol. The molecule has 0 fully saturated rings. The van der Waals surface area contributed by atoms with Crippen molar-refractivity contribution in [2.45, 2.75) is 34.2 Å². The number of carbonyl (C=O) groups excluding carboxylic acids is 2. The molecule has 132 valence electrons. The van der Waals surface area contributed by atoms with Crippen molar-refractivity contribution in [2.75, 3.05) is 0 Å². The highest BCUT2D eigenvalue weighted by Crippen LogP contribution is 2.22. The van der Waals surface area contributed by atoms with Gasteiger partial charge in [-0.25, -0.2) is 4.79 Å². The fourth-order valence-electron chi connectivity index (χ4n) is 2.28. The van der Waals surface area contributed by atoms with Crippen LogP contribution < -0.4 is 4.74 Å². The van der Waals surface area contributed by atoms with Gasteiger partial charge in [-0.15, -0.1) is 0 Å². The lowest BCUT2D eigenvalue weighted by atomic mass is 10.1. The van der Waals surface area contributed by atoms with Crippen molar-refractivity contribution in [3.63, 3.8) is 0 Å². The van der Waals surface area contributed by atoms with Crippen molar-refractivity contribution in [2.24, 2.45) is 5.92 Å². The zero-order valence-electron chi connectivity index (χ0n) is 14.7. The van der Waals surface area contributed by atoms with E-state index in [4.69, 9.17) is 16.3 Å². The van der Waals surface area contributed by atoms with E-state index >= 15 is 0 Å². The minimum Gasteiger partial charge on any atom is -0.423 e. The number of hydrogen-bond donors (Lipinski definition) is 0. The number of Topliss-reactive ketones (excluding diaryl/α,β-unsaturated/α-hetero) is 1. The van der Waals surface area contributed by atoms with E-state index in [0.717, 1.165) is 5.69 Å². The van der Waals surface area contributed by atoms with Crippen LogP contribution in [0.15, 0.2) is 30.3 Å². The SMILES string of the molecule is CC(=O)c1ccc(OC(=O)/C=C/c2c(C)nn(CC(C)C)c2Cl)cc1. The first-order valence-electron chi connectivity index (χ1n) is 8.01. The summed E-state index contributed by atoms with van der Waals surface area (Å²) < 4.78 is 6.94. The standard InChI is InChI=1S/C19H21ClN2O3/c1-12(2)11-22-19(20)17(13(3)21-22)9-10-18(24)25-16-7-5-15(6-8-16)14(4)23/h5-10,12H,11H2,1-4H3/b10-9+. The number of ether oxygens (including phenoxy) is 1. The van der Waals surface area contributed by atoms with Gasteiger partial charge in [-0.2, -0.15) is 5.10 Å². The van der Waals surface area contributed by atoms with E-state index < -0.39 is 5.97 Å². The van der Waals surface area contributed by atoms with E-state index in [2.05, 4.69) is 18.9 Å². The van der Waals surface area contributed by atoms with Crippen molar-refractivity contribution in [3.8, 4) is 5.75 Å². The Morgan fingerprint density at radius 2 is 1.92 bits per heavy atom. The number of rotatable bonds is 6.